The third kappa shape index (κ3) is 5.56. The molecule has 2 aromatic heterocycles. The topological polar surface area (TPSA) is 67.4 Å². The Hall–Kier alpha value is -2.36. The van der Waals surface area contributed by atoms with Crippen LogP contribution in [0.3, 0.4) is 0 Å². The molecule has 0 aliphatic rings. The zero-order valence-electron chi connectivity index (χ0n) is 15.3. The molecule has 2 heterocycles. The van der Waals surface area contributed by atoms with Crippen LogP contribution in [0.5, 0.6) is 0 Å². The van der Waals surface area contributed by atoms with E-state index in [0.717, 1.165) is 23.6 Å². The van der Waals surface area contributed by atoms with Gasteiger partial charge in [0.1, 0.15) is 17.4 Å². The number of nitrogens with zero attached hydrogens (tertiary/aromatic N) is 3. The number of halogens is 2. The average Bonchev–Trinajstić information content (AvgIpc) is 3.30. The van der Waals surface area contributed by atoms with E-state index in [1.807, 2.05) is 25.1 Å². The number of aryl methyl sites for hydroxylation is 1. The second-order valence-corrected chi connectivity index (χ2v) is 5.81. The van der Waals surface area contributed by atoms with Crippen molar-refractivity contribution in [2.24, 2.45) is 4.99 Å². The maximum absolute atomic E-state index is 14.4. The number of aliphatic imine (C=N–C) groups is 1. The van der Waals surface area contributed by atoms with Crippen molar-refractivity contribution in [1.82, 2.24) is 20.2 Å². The number of aromatic nitrogens is 2. The van der Waals surface area contributed by atoms with Crippen molar-refractivity contribution in [3.8, 4) is 5.69 Å². The van der Waals surface area contributed by atoms with Gasteiger partial charge in [-0.2, -0.15) is 0 Å². The van der Waals surface area contributed by atoms with Gasteiger partial charge in [-0.15, -0.1) is 24.0 Å². The van der Waals surface area contributed by atoms with Crippen LogP contribution in [0, 0.1) is 12.7 Å². The molecule has 0 saturated carbocycles. The molecule has 2 N–H and O–H groups in total. The molecule has 0 bridgehead atoms. The van der Waals surface area contributed by atoms with E-state index in [-0.39, 0.29) is 29.8 Å². The SMILES string of the molecule is CN=C(NCCc1ccco1)NCc1ccc(-n2ccnc2C)c(F)c1.I. The summed E-state index contributed by atoms with van der Waals surface area (Å²) in [4.78, 5) is 8.30. The van der Waals surface area contributed by atoms with E-state index in [9.17, 15) is 4.39 Å². The summed E-state index contributed by atoms with van der Waals surface area (Å²) in [5, 5.41) is 6.39. The molecule has 0 aliphatic carbocycles. The Morgan fingerprint density at radius 2 is 2.15 bits per heavy atom. The number of imidazole rings is 1. The standard InChI is InChI=1S/C19H22FN5O.HI/c1-14-22-9-10-25(14)18-6-5-15(12-17(18)20)13-24-19(21-2)23-8-7-16-4-3-11-26-16;/h3-6,9-12H,7-8,13H2,1-2H3,(H2,21,23,24);1H. The van der Waals surface area contributed by atoms with Gasteiger partial charge in [0.15, 0.2) is 5.96 Å². The second kappa shape index (κ2) is 10.1. The van der Waals surface area contributed by atoms with Gasteiger partial charge in [-0.1, -0.05) is 6.07 Å². The maximum atomic E-state index is 14.4. The van der Waals surface area contributed by atoms with Crippen LogP contribution in [0.1, 0.15) is 17.1 Å². The first kappa shape index (κ1) is 20.9. The Kier molecular flexibility index (Phi) is 7.83. The summed E-state index contributed by atoms with van der Waals surface area (Å²) in [6.45, 7) is 3.01. The van der Waals surface area contributed by atoms with Crippen molar-refractivity contribution in [3.63, 3.8) is 0 Å². The molecule has 3 rings (SSSR count). The molecule has 0 unspecified atom stereocenters. The molecule has 0 radical (unpaired) electrons. The van der Waals surface area contributed by atoms with Crippen molar-refractivity contribution in [2.45, 2.75) is 19.9 Å². The Labute approximate surface area is 174 Å². The highest BCUT2D eigenvalue weighted by Gasteiger charge is 2.08. The molecular weight excluding hydrogens is 460 g/mol. The summed E-state index contributed by atoms with van der Waals surface area (Å²) in [5.74, 6) is 2.04. The molecule has 0 saturated heterocycles. The lowest BCUT2D eigenvalue weighted by molar-refractivity contribution is 0.507. The first-order valence-electron chi connectivity index (χ1n) is 8.43. The van der Waals surface area contributed by atoms with E-state index in [0.29, 0.717) is 24.7 Å². The number of hydrogen-bond donors (Lipinski definition) is 2. The van der Waals surface area contributed by atoms with Gasteiger partial charge in [0.05, 0.1) is 12.0 Å². The van der Waals surface area contributed by atoms with Gasteiger partial charge in [-0.05, 0) is 36.8 Å². The molecule has 1 aromatic carbocycles. The normalized spacial score (nSPS) is 11.1. The minimum atomic E-state index is -0.286. The third-order valence-electron chi connectivity index (χ3n) is 4.02. The summed E-state index contributed by atoms with van der Waals surface area (Å²) >= 11 is 0. The number of guanidine groups is 1. The Morgan fingerprint density at radius 3 is 2.78 bits per heavy atom. The molecule has 0 amide bonds. The monoisotopic (exact) mass is 483 g/mol. The summed E-state index contributed by atoms with van der Waals surface area (Å²) in [6.07, 6.45) is 5.83. The smallest absolute Gasteiger partial charge is 0.191 e. The second-order valence-electron chi connectivity index (χ2n) is 5.81. The lowest BCUT2D eigenvalue weighted by atomic mass is 10.2. The number of hydrogen-bond acceptors (Lipinski definition) is 3. The van der Waals surface area contributed by atoms with E-state index in [1.54, 1.807) is 36.3 Å². The van der Waals surface area contributed by atoms with Crippen LogP contribution in [0.25, 0.3) is 5.69 Å². The van der Waals surface area contributed by atoms with Crippen LogP contribution in [0.2, 0.25) is 0 Å². The first-order chi connectivity index (χ1) is 12.7. The van der Waals surface area contributed by atoms with Gasteiger partial charge in [0.25, 0.3) is 0 Å². The predicted molar refractivity (Wildman–Crippen MR) is 114 cm³/mol. The van der Waals surface area contributed by atoms with Crippen molar-refractivity contribution < 1.29 is 8.81 Å². The molecule has 0 aliphatic heterocycles. The summed E-state index contributed by atoms with van der Waals surface area (Å²) in [6, 6.07) is 8.98. The number of furan rings is 1. The average molecular weight is 483 g/mol. The molecular formula is C19H23FIN5O. The molecule has 144 valence electrons. The zero-order valence-corrected chi connectivity index (χ0v) is 17.6. The lowest BCUT2D eigenvalue weighted by Gasteiger charge is -2.13. The highest BCUT2D eigenvalue weighted by Crippen LogP contribution is 2.16. The van der Waals surface area contributed by atoms with Crippen molar-refractivity contribution in [1.29, 1.82) is 0 Å². The Bertz CT molecular complexity index is 876. The van der Waals surface area contributed by atoms with Gasteiger partial charge in [0, 0.05) is 39.0 Å². The Morgan fingerprint density at radius 1 is 1.30 bits per heavy atom. The minimum Gasteiger partial charge on any atom is -0.469 e. The molecule has 0 atom stereocenters. The predicted octanol–water partition coefficient (Wildman–Crippen LogP) is 3.44. The molecule has 0 fully saturated rings. The maximum Gasteiger partial charge on any atom is 0.191 e. The van der Waals surface area contributed by atoms with E-state index in [4.69, 9.17) is 4.42 Å². The fourth-order valence-corrected chi connectivity index (χ4v) is 2.65. The molecule has 0 spiro atoms. The van der Waals surface area contributed by atoms with Crippen molar-refractivity contribution >= 4 is 29.9 Å². The minimum absolute atomic E-state index is 0. The number of benzene rings is 1. The molecule has 8 heteroatoms. The highest BCUT2D eigenvalue weighted by atomic mass is 127. The lowest BCUT2D eigenvalue weighted by Crippen LogP contribution is -2.37. The van der Waals surface area contributed by atoms with Crippen LogP contribution in [-0.2, 0) is 13.0 Å². The summed E-state index contributed by atoms with van der Waals surface area (Å²) in [7, 11) is 1.70. The van der Waals surface area contributed by atoms with Crippen LogP contribution in [0.4, 0.5) is 4.39 Å². The van der Waals surface area contributed by atoms with E-state index < -0.39 is 0 Å². The van der Waals surface area contributed by atoms with Crippen LogP contribution in [-0.4, -0.2) is 29.1 Å². The first-order valence-corrected chi connectivity index (χ1v) is 8.43. The van der Waals surface area contributed by atoms with Gasteiger partial charge in [-0.3, -0.25) is 4.99 Å². The Balaban J connectivity index is 0.00000261. The largest absolute Gasteiger partial charge is 0.469 e. The van der Waals surface area contributed by atoms with Crippen LogP contribution in [0.15, 0.2) is 58.4 Å². The molecule has 27 heavy (non-hydrogen) atoms. The highest BCUT2D eigenvalue weighted by molar-refractivity contribution is 14.0. The van der Waals surface area contributed by atoms with Gasteiger partial charge in [0.2, 0.25) is 0 Å². The zero-order chi connectivity index (χ0) is 18.4. The van der Waals surface area contributed by atoms with Crippen LogP contribution >= 0.6 is 24.0 Å². The van der Waals surface area contributed by atoms with E-state index in [1.165, 1.54) is 6.07 Å². The molecule has 6 nitrogen and oxygen atoms in total. The quantitative estimate of drug-likeness (QED) is 0.320. The van der Waals surface area contributed by atoms with Crippen molar-refractivity contribution in [2.75, 3.05) is 13.6 Å². The third-order valence-corrected chi connectivity index (χ3v) is 4.02. The van der Waals surface area contributed by atoms with Crippen LogP contribution < -0.4 is 10.6 Å². The number of rotatable bonds is 6. The van der Waals surface area contributed by atoms with Crippen molar-refractivity contribution in [3.05, 3.63) is 72.0 Å². The van der Waals surface area contributed by atoms with Gasteiger partial charge < -0.3 is 19.6 Å². The number of nitrogens with one attached hydrogen (secondary N) is 2. The molecule has 3 aromatic rings. The van der Waals surface area contributed by atoms with E-state index >= 15 is 0 Å². The summed E-state index contributed by atoms with van der Waals surface area (Å²) < 4.78 is 21.4. The fraction of sp³-hybridized carbons (Fsp3) is 0.263. The summed E-state index contributed by atoms with van der Waals surface area (Å²) in [5.41, 5.74) is 1.32. The van der Waals surface area contributed by atoms with E-state index in [2.05, 4.69) is 20.6 Å². The fourth-order valence-electron chi connectivity index (χ4n) is 2.65. The van der Waals surface area contributed by atoms with Gasteiger partial charge >= 0.3 is 0 Å². The van der Waals surface area contributed by atoms with Gasteiger partial charge in [-0.25, -0.2) is 9.37 Å².